The van der Waals surface area contributed by atoms with Gasteiger partial charge in [0, 0.05) is 0 Å². The van der Waals surface area contributed by atoms with Gasteiger partial charge in [-0.15, -0.1) is 0 Å². The van der Waals surface area contributed by atoms with E-state index < -0.39 is 5.97 Å². The van der Waals surface area contributed by atoms with Crippen LogP contribution >= 0.6 is 0 Å². The van der Waals surface area contributed by atoms with E-state index >= 15 is 0 Å². The van der Waals surface area contributed by atoms with Crippen molar-refractivity contribution in [3.8, 4) is 6.07 Å². The summed E-state index contributed by atoms with van der Waals surface area (Å²) in [5.74, 6) is -1.20. The molecule has 0 aromatic heterocycles. The van der Waals surface area contributed by atoms with Crippen LogP contribution in [0.4, 0.5) is 0 Å². The Kier molecular flexibility index (Phi) is 3.03. The summed E-state index contributed by atoms with van der Waals surface area (Å²) < 4.78 is 0. The van der Waals surface area contributed by atoms with Crippen LogP contribution < -0.4 is 0 Å². The highest BCUT2D eigenvalue weighted by Gasteiger charge is 2.05. The van der Waals surface area contributed by atoms with Gasteiger partial charge in [0.2, 0.25) is 0 Å². The molecule has 0 saturated heterocycles. The maximum atomic E-state index is 10.6. The van der Waals surface area contributed by atoms with Crippen molar-refractivity contribution in [2.24, 2.45) is 0 Å². The predicted octanol–water partition coefficient (Wildman–Crippen LogP) is 1.99. The Bertz CT molecular complexity index is 427. The third-order valence-electron chi connectivity index (χ3n) is 1.84. The van der Waals surface area contributed by atoms with Crippen LogP contribution in [-0.4, -0.2) is 11.1 Å². The number of nitriles is 1. The number of benzene rings is 1. The van der Waals surface area contributed by atoms with Gasteiger partial charge < -0.3 is 5.11 Å². The van der Waals surface area contributed by atoms with Crippen LogP contribution in [0, 0.1) is 18.3 Å². The smallest absolute Gasteiger partial charge is 0.346 e. The number of aryl methyl sites for hydroxylation is 1. The van der Waals surface area contributed by atoms with Crippen LogP contribution in [-0.2, 0) is 4.79 Å². The molecule has 1 aromatic carbocycles. The molecule has 0 aliphatic heterocycles. The van der Waals surface area contributed by atoms with Crippen molar-refractivity contribution >= 4 is 12.0 Å². The second-order valence-electron chi connectivity index (χ2n) is 2.83. The van der Waals surface area contributed by atoms with Crippen LogP contribution in [0.1, 0.15) is 11.1 Å². The molecule has 0 amide bonds. The van der Waals surface area contributed by atoms with E-state index in [-0.39, 0.29) is 5.57 Å². The standard InChI is InChI=1S/C11H9NO2/c1-8-4-2-3-5-9(8)6-10(7-12)11(13)14/h2-6H,1H3,(H,13,14)/b10-6+. The first-order valence-electron chi connectivity index (χ1n) is 4.06. The fourth-order valence-electron chi connectivity index (χ4n) is 1.05. The molecule has 1 aromatic rings. The number of aliphatic carboxylic acids is 1. The normalized spacial score (nSPS) is 10.7. The van der Waals surface area contributed by atoms with Crippen molar-refractivity contribution in [3.63, 3.8) is 0 Å². The summed E-state index contributed by atoms with van der Waals surface area (Å²) in [6.45, 7) is 1.86. The quantitative estimate of drug-likeness (QED) is 0.568. The zero-order valence-corrected chi connectivity index (χ0v) is 7.69. The third kappa shape index (κ3) is 2.20. The van der Waals surface area contributed by atoms with E-state index in [0.29, 0.717) is 0 Å². The van der Waals surface area contributed by atoms with Gasteiger partial charge in [-0.2, -0.15) is 5.26 Å². The summed E-state index contributed by atoms with van der Waals surface area (Å²) in [5.41, 5.74) is 1.45. The lowest BCUT2D eigenvalue weighted by molar-refractivity contribution is -0.132. The van der Waals surface area contributed by atoms with E-state index in [1.54, 1.807) is 18.2 Å². The van der Waals surface area contributed by atoms with Crippen molar-refractivity contribution < 1.29 is 9.90 Å². The predicted molar refractivity (Wildman–Crippen MR) is 52.4 cm³/mol. The van der Waals surface area contributed by atoms with Crippen molar-refractivity contribution in [3.05, 3.63) is 41.0 Å². The largest absolute Gasteiger partial charge is 0.477 e. The number of nitrogens with zero attached hydrogens (tertiary/aromatic N) is 1. The summed E-state index contributed by atoms with van der Waals surface area (Å²) in [7, 11) is 0. The Morgan fingerprint density at radius 2 is 2.14 bits per heavy atom. The van der Waals surface area contributed by atoms with Crippen molar-refractivity contribution in [1.29, 1.82) is 5.26 Å². The summed E-state index contributed by atoms with van der Waals surface area (Å²) in [6, 6.07) is 8.94. The molecule has 0 radical (unpaired) electrons. The molecule has 3 heteroatoms. The molecule has 0 bridgehead atoms. The maximum Gasteiger partial charge on any atom is 0.346 e. The third-order valence-corrected chi connectivity index (χ3v) is 1.84. The summed E-state index contributed by atoms with van der Waals surface area (Å²) >= 11 is 0. The molecule has 1 rings (SSSR count). The molecule has 0 heterocycles. The zero-order chi connectivity index (χ0) is 10.6. The number of carboxylic acids is 1. The summed E-state index contributed by atoms with van der Waals surface area (Å²) in [4.78, 5) is 10.6. The van der Waals surface area contributed by atoms with E-state index in [0.717, 1.165) is 11.1 Å². The highest BCUT2D eigenvalue weighted by Crippen LogP contribution is 2.11. The first-order valence-corrected chi connectivity index (χ1v) is 4.06. The number of carboxylic acid groups (broad SMARTS) is 1. The van der Waals surface area contributed by atoms with Gasteiger partial charge in [-0.25, -0.2) is 4.79 Å². The maximum absolute atomic E-state index is 10.6. The Labute approximate surface area is 81.9 Å². The van der Waals surface area contributed by atoms with Gasteiger partial charge in [0.15, 0.2) is 0 Å². The lowest BCUT2D eigenvalue weighted by Gasteiger charge is -1.98. The molecule has 0 atom stereocenters. The van der Waals surface area contributed by atoms with Crippen molar-refractivity contribution in [1.82, 2.24) is 0 Å². The minimum Gasteiger partial charge on any atom is -0.477 e. The molecule has 1 N–H and O–H groups in total. The molecular formula is C11H9NO2. The van der Waals surface area contributed by atoms with Gasteiger partial charge in [-0.1, -0.05) is 24.3 Å². The fraction of sp³-hybridized carbons (Fsp3) is 0.0909. The first-order chi connectivity index (χ1) is 6.65. The topological polar surface area (TPSA) is 61.1 Å². The second-order valence-corrected chi connectivity index (χ2v) is 2.83. The SMILES string of the molecule is Cc1ccccc1/C=C(\C#N)C(=O)O. The van der Waals surface area contributed by atoms with Crippen LogP contribution in [0.2, 0.25) is 0 Å². The van der Waals surface area contributed by atoms with E-state index in [4.69, 9.17) is 10.4 Å². The highest BCUT2D eigenvalue weighted by atomic mass is 16.4. The minimum absolute atomic E-state index is 0.251. The molecule has 0 aliphatic carbocycles. The van der Waals surface area contributed by atoms with Crippen molar-refractivity contribution in [2.45, 2.75) is 6.92 Å². The average molecular weight is 187 g/mol. The Balaban J connectivity index is 3.15. The number of hydrogen-bond acceptors (Lipinski definition) is 2. The van der Waals surface area contributed by atoms with Gasteiger partial charge >= 0.3 is 5.97 Å². The van der Waals surface area contributed by atoms with Gasteiger partial charge in [0.05, 0.1) is 0 Å². The zero-order valence-electron chi connectivity index (χ0n) is 7.69. The molecule has 0 fully saturated rings. The van der Waals surface area contributed by atoms with E-state index in [1.807, 2.05) is 19.1 Å². The van der Waals surface area contributed by atoms with Crippen molar-refractivity contribution in [2.75, 3.05) is 0 Å². The van der Waals surface area contributed by atoms with Gasteiger partial charge in [-0.3, -0.25) is 0 Å². The second kappa shape index (κ2) is 4.24. The Hall–Kier alpha value is -2.08. The molecular weight excluding hydrogens is 178 g/mol. The molecule has 0 saturated carbocycles. The fourth-order valence-corrected chi connectivity index (χ4v) is 1.05. The summed E-state index contributed by atoms with van der Waals surface area (Å²) in [5, 5.41) is 17.2. The molecule has 3 nitrogen and oxygen atoms in total. The van der Waals surface area contributed by atoms with Gasteiger partial charge in [0.25, 0.3) is 0 Å². The summed E-state index contributed by atoms with van der Waals surface area (Å²) in [6.07, 6.45) is 1.37. The molecule has 0 unspecified atom stereocenters. The lowest BCUT2D eigenvalue weighted by Crippen LogP contribution is -1.97. The Morgan fingerprint density at radius 1 is 1.50 bits per heavy atom. The molecule has 0 spiro atoms. The number of hydrogen-bond donors (Lipinski definition) is 1. The molecule has 14 heavy (non-hydrogen) atoms. The monoisotopic (exact) mass is 187 g/mol. The molecule has 70 valence electrons. The van der Waals surface area contributed by atoms with E-state index in [9.17, 15) is 4.79 Å². The lowest BCUT2D eigenvalue weighted by atomic mass is 10.1. The van der Waals surface area contributed by atoms with E-state index in [2.05, 4.69) is 0 Å². The van der Waals surface area contributed by atoms with Gasteiger partial charge in [-0.05, 0) is 24.1 Å². The van der Waals surface area contributed by atoms with Crippen LogP contribution in [0.15, 0.2) is 29.8 Å². The van der Waals surface area contributed by atoms with Crippen LogP contribution in [0.25, 0.3) is 6.08 Å². The van der Waals surface area contributed by atoms with Gasteiger partial charge in [0.1, 0.15) is 11.6 Å². The average Bonchev–Trinajstić information content (AvgIpc) is 2.16. The van der Waals surface area contributed by atoms with E-state index in [1.165, 1.54) is 6.08 Å². The first kappa shape index (κ1) is 10.0. The number of rotatable bonds is 2. The molecule has 0 aliphatic rings. The number of carbonyl (C=O) groups is 1. The Morgan fingerprint density at radius 3 is 2.64 bits per heavy atom. The van der Waals surface area contributed by atoms with Crippen LogP contribution in [0.5, 0.6) is 0 Å². The van der Waals surface area contributed by atoms with Crippen LogP contribution in [0.3, 0.4) is 0 Å². The highest BCUT2D eigenvalue weighted by molar-refractivity contribution is 5.96. The minimum atomic E-state index is -1.20.